The standard InChI is InChI=1S/C33H26Cl3FN2O3S/c1-4-41-29-14-22(13-28(36)31(29)42-18-21-6-5-7-23(37)12-21)15-30-32(40)39(25-11-9-20(3)27(35)17-25)33(43-30)38-24-10-8-19(2)26(34)16-24/h5-17H,4,18H2,1-3H3/b30-15+,38-33?. The van der Waals surface area contributed by atoms with Gasteiger partial charge in [-0.25, -0.2) is 9.38 Å². The summed E-state index contributed by atoms with van der Waals surface area (Å²) in [4.78, 5) is 20.6. The molecule has 1 heterocycles. The number of ether oxygens (including phenoxy) is 2. The van der Waals surface area contributed by atoms with Crippen molar-refractivity contribution in [3.05, 3.63) is 121 Å². The normalized spacial score (nSPS) is 15.0. The average Bonchev–Trinajstić information content (AvgIpc) is 3.26. The number of carbonyl (C=O) groups excluding carboxylic acids is 1. The third-order valence-corrected chi connectivity index (χ3v) is 8.57. The SMILES string of the molecule is CCOc1cc(/C=C2/SC(=Nc3ccc(C)c(Cl)c3)N(c3ccc(C)c(Cl)c3)C2=O)cc(Cl)c1OCc1cccc(F)c1. The van der Waals surface area contributed by atoms with Crippen LogP contribution in [0.4, 0.5) is 15.8 Å². The number of amidine groups is 1. The van der Waals surface area contributed by atoms with Gasteiger partial charge in [0.05, 0.1) is 27.9 Å². The predicted molar refractivity (Wildman–Crippen MR) is 176 cm³/mol. The van der Waals surface area contributed by atoms with Gasteiger partial charge in [0.25, 0.3) is 5.91 Å². The van der Waals surface area contributed by atoms with Crippen LogP contribution >= 0.6 is 46.6 Å². The molecule has 0 aliphatic carbocycles. The highest BCUT2D eigenvalue weighted by Gasteiger charge is 2.35. The number of carbonyl (C=O) groups is 1. The number of aliphatic imine (C=N–C) groups is 1. The minimum absolute atomic E-state index is 0.100. The second-order valence-electron chi connectivity index (χ2n) is 9.69. The number of anilines is 1. The largest absolute Gasteiger partial charge is 0.490 e. The van der Waals surface area contributed by atoms with Crippen LogP contribution in [0.25, 0.3) is 6.08 Å². The Labute approximate surface area is 268 Å². The Morgan fingerprint density at radius 3 is 2.35 bits per heavy atom. The van der Waals surface area contributed by atoms with Crippen LogP contribution in [0.15, 0.2) is 82.7 Å². The van der Waals surface area contributed by atoms with Crippen LogP contribution in [0.1, 0.15) is 29.2 Å². The number of hydrogen-bond donors (Lipinski definition) is 0. The van der Waals surface area contributed by atoms with Crippen molar-refractivity contribution in [1.82, 2.24) is 0 Å². The van der Waals surface area contributed by atoms with Crippen LogP contribution in [0.3, 0.4) is 0 Å². The molecule has 5 nitrogen and oxygen atoms in total. The molecule has 0 aromatic heterocycles. The van der Waals surface area contributed by atoms with E-state index in [4.69, 9.17) is 49.3 Å². The molecule has 5 rings (SSSR count). The monoisotopic (exact) mass is 654 g/mol. The summed E-state index contributed by atoms with van der Waals surface area (Å²) in [5.41, 5.74) is 4.29. The molecule has 0 atom stereocenters. The average molecular weight is 656 g/mol. The molecule has 1 amide bonds. The van der Waals surface area contributed by atoms with E-state index < -0.39 is 0 Å². The van der Waals surface area contributed by atoms with Crippen LogP contribution in [0.5, 0.6) is 11.5 Å². The summed E-state index contributed by atoms with van der Waals surface area (Å²) in [6.07, 6.45) is 1.73. The molecule has 4 aromatic carbocycles. The minimum atomic E-state index is -0.353. The van der Waals surface area contributed by atoms with Gasteiger partial charge in [-0.1, -0.05) is 59.1 Å². The van der Waals surface area contributed by atoms with Crippen molar-refractivity contribution in [1.29, 1.82) is 0 Å². The van der Waals surface area contributed by atoms with Crippen molar-refractivity contribution in [3.8, 4) is 11.5 Å². The zero-order valence-electron chi connectivity index (χ0n) is 23.5. The quantitative estimate of drug-likeness (QED) is 0.177. The van der Waals surface area contributed by atoms with Crippen molar-refractivity contribution < 1.29 is 18.7 Å². The Morgan fingerprint density at radius 1 is 0.907 bits per heavy atom. The van der Waals surface area contributed by atoms with E-state index in [0.717, 1.165) is 11.1 Å². The molecular weight excluding hydrogens is 630 g/mol. The number of nitrogens with zero attached hydrogens (tertiary/aromatic N) is 2. The Morgan fingerprint density at radius 2 is 1.65 bits per heavy atom. The van der Waals surface area contributed by atoms with Crippen LogP contribution in [-0.4, -0.2) is 17.7 Å². The third kappa shape index (κ3) is 7.19. The topological polar surface area (TPSA) is 51.1 Å². The Kier molecular flexibility index (Phi) is 9.67. The second-order valence-corrected chi connectivity index (χ2v) is 11.9. The van der Waals surface area contributed by atoms with Crippen molar-refractivity contribution in [2.45, 2.75) is 27.4 Å². The van der Waals surface area contributed by atoms with Gasteiger partial charge in [0.15, 0.2) is 16.7 Å². The molecule has 220 valence electrons. The van der Waals surface area contributed by atoms with E-state index in [2.05, 4.69) is 0 Å². The number of hydrogen-bond acceptors (Lipinski definition) is 5. The van der Waals surface area contributed by atoms with Gasteiger partial charge in [0.2, 0.25) is 0 Å². The Balaban J connectivity index is 1.51. The van der Waals surface area contributed by atoms with E-state index in [1.165, 1.54) is 28.8 Å². The lowest BCUT2D eigenvalue weighted by molar-refractivity contribution is -0.113. The molecule has 10 heteroatoms. The van der Waals surface area contributed by atoms with Crippen molar-refractivity contribution in [3.63, 3.8) is 0 Å². The number of aryl methyl sites for hydroxylation is 2. The van der Waals surface area contributed by atoms with E-state index in [0.29, 0.717) is 60.7 Å². The lowest BCUT2D eigenvalue weighted by Gasteiger charge is -2.17. The predicted octanol–water partition coefficient (Wildman–Crippen LogP) is 10.2. The summed E-state index contributed by atoms with van der Waals surface area (Å²) in [6.45, 7) is 6.11. The molecule has 1 fully saturated rings. The number of halogens is 4. The van der Waals surface area contributed by atoms with Crippen LogP contribution in [0, 0.1) is 19.7 Å². The summed E-state index contributed by atoms with van der Waals surface area (Å²) in [7, 11) is 0. The maximum Gasteiger partial charge on any atom is 0.271 e. The van der Waals surface area contributed by atoms with Gasteiger partial charge in [-0.2, -0.15) is 0 Å². The van der Waals surface area contributed by atoms with Gasteiger partial charge in [0, 0.05) is 10.0 Å². The fraction of sp³-hybridized carbons (Fsp3) is 0.152. The first-order chi connectivity index (χ1) is 20.6. The number of amides is 1. The Bertz CT molecular complexity index is 1780. The van der Waals surface area contributed by atoms with Crippen molar-refractivity contribution in [2.24, 2.45) is 4.99 Å². The van der Waals surface area contributed by atoms with Crippen LogP contribution in [0.2, 0.25) is 15.1 Å². The maximum atomic E-state index is 13.8. The molecular formula is C33H26Cl3FN2O3S. The maximum absolute atomic E-state index is 13.8. The van der Waals surface area contributed by atoms with Crippen molar-refractivity contribution >= 4 is 75.1 Å². The highest BCUT2D eigenvalue weighted by Crippen LogP contribution is 2.42. The summed E-state index contributed by atoms with van der Waals surface area (Å²) in [5.74, 6) is 0.101. The summed E-state index contributed by atoms with van der Waals surface area (Å²) in [5, 5.41) is 1.85. The van der Waals surface area contributed by atoms with E-state index in [9.17, 15) is 9.18 Å². The second kappa shape index (κ2) is 13.4. The van der Waals surface area contributed by atoms with E-state index in [-0.39, 0.29) is 23.4 Å². The summed E-state index contributed by atoms with van der Waals surface area (Å²) >= 11 is 20.6. The van der Waals surface area contributed by atoms with Gasteiger partial charge >= 0.3 is 0 Å². The third-order valence-electron chi connectivity index (χ3n) is 6.50. The fourth-order valence-corrected chi connectivity index (χ4v) is 5.89. The van der Waals surface area contributed by atoms with Gasteiger partial charge < -0.3 is 9.47 Å². The van der Waals surface area contributed by atoms with E-state index in [1.54, 1.807) is 42.5 Å². The number of benzene rings is 4. The smallest absolute Gasteiger partial charge is 0.271 e. The van der Waals surface area contributed by atoms with Crippen molar-refractivity contribution in [2.75, 3.05) is 11.5 Å². The molecule has 43 heavy (non-hydrogen) atoms. The first kappa shape index (κ1) is 31.0. The molecule has 1 saturated heterocycles. The molecule has 0 N–H and O–H groups in total. The molecule has 0 spiro atoms. The highest BCUT2D eigenvalue weighted by molar-refractivity contribution is 8.19. The zero-order valence-corrected chi connectivity index (χ0v) is 26.5. The van der Waals surface area contributed by atoms with Crippen LogP contribution < -0.4 is 14.4 Å². The first-order valence-corrected chi connectivity index (χ1v) is 15.3. The van der Waals surface area contributed by atoms with Gasteiger partial charge in [0.1, 0.15) is 12.4 Å². The molecule has 0 saturated carbocycles. The minimum Gasteiger partial charge on any atom is -0.490 e. The fourth-order valence-electron chi connectivity index (χ4n) is 4.27. The molecule has 1 aliphatic rings. The molecule has 4 aromatic rings. The number of thioether (sulfide) groups is 1. The summed E-state index contributed by atoms with van der Waals surface area (Å²) < 4.78 is 25.4. The van der Waals surface area contributed by atoms with E-state index in [1.807, 2.05) is 45.0 Å². The molecule has 1 aliphatic heterocycles. The van der Waals surface area contributed by atoms with Gasteiger partial charge in [-0.15, -0.1) is 0 Å². The van der Waals surface area contributed by atoms with Gasteiger partial charge in [-0.05, 0) is 109 Å². The zero-order chi connectivity index (χ0) is 30.7. The molecule has 0 bridgehead atoms. The number of rotatable bonds is 8. The first-order valence-electron chi connectivity index (χ1n) is 13.3. The van der Waals surface area contributed by atoms with Crippen LogP contribution in [-0.2, 0) is 11.4 Å². The van der Waals surface area contributed by atoms with Gasteiger partial charge in [-0.3, -0.25) is 9.69 Å². The molecule has 0 unspecified atom stereocenters. The highest BCUT2D eigenvalue weighted by atomic mass is 35.5. The van der Waals surface area contributed by atoms with E-state index >= 15 is 0 Å². The molecule has 0 radical (unpaired) electrons. The Hall–Kier alpha value is -3.49. The lowest BCUT2D eigenvalue weighted by Crippen LogP contribution is -2.28. The summed E-state index contributed by atoms with van der Waals surface area (Å²) in [6, 6.07) is 20.5. The lowest BCUT2D eigenvalue weighted by atomic mass is 10.1.